The zero-order valence-electron chi connectivity index (χ0n) is 30.9. The SMILES string of the molecule is CC(C)(C)OC(=O)Nc1ccccc1NC(=O)c1ccc2c(c1)CCC2NC(=O)OCc1ccc([C@H]2CC2N(CC2CC2)C(=O)OC(C)(C)C)cc1. The maximum absolute atomic E-state index is 13.2. The monoisotopic (exact) mass is 710 g/mol. The maximum Gasteiger partial charge on any atom is 0.412 e. The molecule has 11 nitrogen and oxygen atoms in total. The van der Waals surface area contributed by atoms with Crippen LogP contribution in [0.3, 0.4) is 0 Å². The van der Waals surface area contributed by atoms with Gasteiger partial charge in [-0.2, -0.15) is 0 Å². The molecular formula is C41H50N4O7. The molecule has 2 saturated carbocycles. The van der Waals surface area contributed by atoms with E-state index in [1.54, 1.807) is 51.1 Å². The summed E-state index contributed by atoms with van der Waals surface area (Å²) < 4.78 is 16.6. The number of rotatable bonds is 10. The number of carbonyl (C=O) groups is 4. The number of para-hydroxylation sites is 2. The van der Waals surface area contributed by atoms with Gasteiger partial charge in [0.1, 0.15) is 17.8 Å². The highest BCUT2D eigenvalue weighted by Gasteiger charge is 2.47. The fourth-order valence-electron chi connectivity index (χ4n) is 6.54. The molecule has 3 aromatic rings. The Balaban J connectivity index is 0.984. The fraction of sp³-hybridized carbons (Fsp3) is 0.463. The van der Waals surface area contributed by atoms with Crippen LogP contribution in [0.5, 0.6) is 0 Å². The minimum absolute atomic E-state index is 0.134. The van der Waals surface area contributed by atoms with Crippen molar-refractivity contribution in [3.05, 3.63) is 94.5 Å². The molecule has 0 aromatic heterocycles. The molecule has 11 heteroatoms. The third-order valence-corrected chi connectivity index (χ3v) is 9.30. The van der Waals surface area contributed by atoms with Gasteiger partial charge in [0.25, 0.3) is 5.91 Å². The Morgan fingerprint density at radius 1 is 0.788 bits per heavy atom. The molecule has 276 valence electrons. The number of carbonyl (C=O) groups excluding carboxylic acids is 4. The Bertz CT molecular complexity index is 1810. The number of amides is 4. The molecule has 3 aliphatic rings. The minimum Gasteiger partial charge on any atom is -0.445 e. The van der Waals surface area contributed by atoms with Gasteiger partial charge >= 0.3 is 18.3 Å². The van der Waals surface area contributed by atoms with Gasteiger partial charge in [-0.3, -0.25) is 10.1 Å². The summed E-state index contributed by atoms with van der Waals surface area (Å²) in [6, 6.07) is 20.3. The Labute approximate surface area is 305 Å². The van der Waals surface area contributed by atoms with E-state index in [0.29, 0.717) is 35.7 Å². The van der Waals surface area contributed by atoms with E-state index in [9.17, 15) is 19.2 Å². The lowest BCUT2D eigenvalue weighted by Gasteiger charge is -2.28. The number of fused-ring (bicyclic) bond motifs is 1. The van der Waals surface area contributed by atoms with Crippen molar-refractivity contribution in [2.45, 2.75) is 109 Å². The molecule has 0 radical (unpaired) electrons. The number of alkyl carbamates (subject to hydrolysis) is 1. The van der Waals surface area contributed by atoms with Crippen LogP contribution in [0.4, 0.5) is 25.8 Å². The van der Waals surface area contributed by atoms with Crippen molar-refractivity contribution in [1.29, 1.82) is 0 Å². The number of anilines is 2. The molecule has 0 heterocycles. The lowest BCUT2D eigenvalue weighted by Crippen LogP contribution is -2.40. The van der Waals surface area contributed by atoms with Crippen molar-refractivity contribution in [3.63, 3.8) is 0 Å². The highest BCUT2D eigenvalue weighted by atomic mass is 16.6. The lowest BCUT2D eigenvalue weighted by atomic mass is 10.0. The average molecular weight is 711 g/mol. The minimum atomic E-state index is -0.659. The summed E-state index contributed by atoms with van der Waals surface area (Å²) in [5.74, 6) is 0.530. The first-order chi connectivity index (χ1) is 24.6. The molecule has 3 atom stereocenters. The predicted molar refractivity (Wildman–Crippen MR) is 198 cm³/mol. The number of aryl methyl sites for hydroxylation is 1. The van der Waals surface area contributed by atoms with Crippen molar-refractivity contribution < 1.29 is 33.4 Å². The molecule has 4 amide bonds. The molecule has 3 aliphatic carbocycles. The quantitative estimate of drug-likeness (QED) is 0.179. The van der Waals surface area contributed by atoms with E-state index in [0.717, 1.165) is 29.7 Å². The molecule has 2 unspecified atom stereocenters. The third kappa shape index (κ3) is 9.83. The van der Waals surface area contributed by atoms with E-state index in [1.165, 1.54) is 18.4 Å². The van der Waals surface area contributed by atoms with Crippen LogP contribution in [0.1, 0.15) is 112 Å². The zero-order chi connectivity index (χ0) is 37.2. The van der Waals surface area contributed by atoms with Gasteiger partial charge in [-0.15, -0.1) is 0 Å². The van der Waals surface area contributed by atoms with Crippen LogP contribution in [0, 0.1) is 5.92 Å². The Hall–Kier alpha value is -5.06. The first kappa shape index (κ1) is 36.7. The van der Waals surface area contributed by atoms with Crippen molar-refractivity contribution in [3.8, 4) is 0 Å². The molecular weight excluding hydrogens is 660 g/mol. The molecule has 2 fully saturated rings. The summed E-state index contributed by atoms with van der Waals surface area (Å²) in [7, 11) is 0. The van der Waals surface area contributed by atoms with E-state index < -0.39 is 23.4 Å². The maximum atomic E-state index is 13.2. The summed E-state index contributed by atoms with van der Waals surface area (Å²) in [5.41, 5.74) is 4.13. The van der Waals surface area contributed by atoms with Crippen LogP contribution in [0.25, 0.3) is 0 Å². The number of nitrogens with zero attached hydrogens (tertiary/aromatic N) is 1. The second kappa shape index (κ2) is 14.9. The van der Waals surface area contributed by atoms with Gasteiger partial charge in [0.15, 0.2) is 0 Å². The van der Waals surface area contributed by atoms with E-state index in [-0.39, 0.29) is 36.6 Å². The van der Waals surface area contributed by atoms with E-state index in [4.69, 9.17) is 14.2 Å². The first-order valence-electron chi connectivity index (χ1n) is 18.2. The van der Waals surface area contributed by atoms with Gasteiger partial charge in [0, 0.05) is 24.1 Å². The van der Waals surface area contributed by atoms with Crippen LogP contribution in [-0.2, 0) is 27.2 Å². The standard InChI is InChI=1S/C41H50N4O7/c1-40(2,3)51-38(48)44-34-10-8-7-9-33(34)42-36(46)29-17-19-30-28(21-29)18-20-32(30)43-37(47)50-24-26-13-15-27(16-14-26)31-22-35(31)45(23-25-11-12-25)39(49)52-41(4,5)6/h7-10,13-17,19,21,25,31-32,35H,11-12,18,20,22-24H2,1-6H3,(H,42,46)(H,43,47)(H,44,48)/t31-,32?,35?/m1/s1. The Morgan fingerprint density at radius 2 is 1.46 bits per heavy atom. The third-order valence-electron chi connectivity index (χ3n) is 9.30. The van der Waals surface area contributed by atoms with Gasteiger partial charge in [0.2, 0.25) is 0 Å². The normalized spacial score (nSPS) is 19.2. The van der Waals surface area contributed by atoms with Gasteiger partial charge in [-0.1, -0.05) is 42.5 Å². The van der Waals surface area contributed by atoms with Crippen molar-refractivity contribution >= 4 is 35.6 Å². The molecule has 0 aliphatic heterocycles. The summed E-state index contributed by atoms with van der Waals surface area (Å²) in [5, 5.41) is 8.56. The Morgan fingerprint density at radius 3 is 2.12 bits per heavy atom. The second-order valence-electron chi connectivity index (χ2n) is 16.1. The summed E-state index contributed by atoms with van der Waals surface area (Å²) >= 11 is 0. The number of ether oxygens (including phenoxy) is 3. The fourth-order valence-corrected chi connectivity index (χ4v) is 6.54. The van der Waals surface area contributed by atoms with Crippen molar-refractivity contribution in [1.82, 2.24) is 10.2 Å². The highest BCUT2D eigenvalue weighted by molar-refractivity contribution is 6.07. The molecule has 0 spiro atoms. The first-order valence-corrected chi connectivity index (χ1v) is 18.2. The lowest BCUT2D eigenvalue weighted by molar-refractivity contribution is 0.0220. The van der Waals surface area contributed by atoms with Crippen LogP contribution in [-0.4, -0.2) is 52.9 Å². The van der Waals surface area contributed by atoms with Gasteiger partial charge < -0.3 is 29.7 Å². The largest absolute Gasteiger partial charge is 0.445 e. The van der Waals surface area contributed by atoms with E-state index >= 15 is 0 Å². The molecule has 0 bridgehead atoms. The van der Waals surface area contributed by atoms with Gasteiger partial charge in [0.05, 0.1) is 17.4 Å². The molecule has 3 aromatic carbocycles. The predicted octanol–water partition coefficient (Wildman–Crippen LogP) is 8.70. The summed E-state index contributed by atoms with van der Waals surface area (Å²) in [6.07, 6.45) is 3.30. The average Bonchev–Trinajstić information content (AvgIpc) is 4.00. The zero-order valence-corrected chi connectivity index (χ0v) is 30.9. The molecule has 0 saturated heterocycles. The number of hydrogen-bond donors (Lipinski definition) is 3. The van der Waals surface area contributed by atoms with Crippen LogP contribution < -0.4 is 16.0 Å². The highest BCUT2D eigenvalue weighted by Crippen LogP contribution is 2.47. The molecule has 6 rings (SSSR count). The summed E-state index contributed by atoms with van der Waals surface area (Å²) in [4.78, 5) is 53.3. The van der Waals surface area contributed by atoms with Crippen LogP contribution in [0.2, 0.25) is 0 Å². The molecule has 52 heavy (non-hydrogen) atoms. The van der Waals surface area contributed by atoms with Crippen LogP contribution >= 0.6 is 0 Å². The topological polar surface area (TPSA) is 135 Å². The van der Waals surface area contributed by atoms with Crippen LogP contribution in [0.15, 0.2) is 66.7 Å². The smallest absolute Gasteiger partial charge is 0.412 e. The van der Waals surface area contributed by atoms with E-state index in [2.05, 4.69) is 28.1 Å². The van der Waals surface area contributed by atoms with Gasteiger partial charge in [-0.05, 0) is 126 Å². The second-order valence-corrected chi connectivity index (χ2v) is 16.1. The number of hydrogen-bond acceptors (Lipinski definition) is 7. The van der Waals surface area contributed by atoms with Crippen molar-refractivity contribution in [2.75, 3.05) is 17.2 Å². The van der Waals surface area contributed by atoms with Gasteiger partial charge in [-0.25, -0.2) is 14.4 Å². The Kier molecular flexibility index (Phi) is 10.5. The number of benzene rings is 3. The van der Waals surface area contributed by atoms with E-state index in [1.807, 2.05) is 49.9 Å². The summed E-state index contributed by atoms with van der Waals surface area (Å²) in [6.45, 7) is 11.9. The molecule has 3 N–H and O–H groups in total. The number of nitrogens with one attached hydrogen (secondary N) is 3. The van der Waals surface area contributed by atoms with Crippen molar-refractivity contribution in [2.24, 2.45) is 5.92 Å².